The summed E-state index contributed by atoms with van der Waals surface area (Å²) in [4.78, 5) is 4.45. The van der Waals surface area contributed by atoms with Gasteiger partial charge in [-0.25, -0.2) is 4.98 Å². The Morgan fingerprint density at radius 2 is 2.00 bits per heavy atom. The van der Waals surface area contributed by atoms with E-state index < -0.39 is 0 Å². The lowest BCUT2D eigenvalue weighted by atomic mass is 10.1. The first kappa shape index (κ1) is 10.4. The number of hydrogen-bond donors (Lipinski definition) is 0. The molecule has 2 heteroatoms. The summed E-state index contributed by atoms with van der Waals surface area (Å²) in [5, 5.41) is 0. The van der Waals surface area contributed by atoms with Gasteiger partial charge in [-0.15, -0.1) is 0 Å². The van der Waals surface area contributed by atoms with Crippen LogP contribution in [0.2, 0.25) is 0 Å². The van der Waals surface area contributed by atoms with Gasteiger partial charge in [0.25, 0.3) is 0 Å². The normalized spacial score (nSPS) is 10.1. The Morgan fingerprint density at radius 3 is 2.62 bits per heavy atom. The zero-order valence-corrected chi connectivity index (χ0v) is 9.35. The average Bonchev–Trinajstić information content (AvgIpc) is 2.70. The summed E-state index contributed by atoms with van der Waals surface area (Å²) in [7, 11) is 0. The van der Waals surface area contributed by atoms with Gasteiger partial charge < -0.3 is 4.57 Å². The van der Waals surface area contributed by atoms with Crippen molar-refractivity contribution in [2.24, 2.45) is 0 Å². The predicted molar refractivity (Wildman–Crippen MR) is 67.9 cm³/mol. The van der Waals surface area contributed by atoms with Gasteiger partial charge in [0.2, 0.25) is 0 Å². The predicted octanol–water partition coefficient (Wildman–Crippen LogP) is 3.35. The van der Waals surface area contributed by atoms with Crippen LogP contribution in [0.5, 0.6) is 0 Å². The second kappa shape index (κ2) is 4.19. The zero-order valence-electron chi connectivity index (χ0n) is 9.35. The molecule has 0 unspecified atom stereocenters. The number of imidazole rings is 1. The van der Waals surface area contributed by atoms with Crippen LogP contribution in [0.15, 0.2) is 49.7 Å². The zero-order chi connectivity index (χ0) is 11.5. The van der Waals surface area contributed by atoms with Crippen molar-refractivity contribution in [1.82, 2.24) is 9.55 Å². The Hall–Kier alpha value is -2.09. The minimum absolute atomic E-state index is 0.846. The second-order valence-corrected chi connectivity index (χ2v) is 3.64. The maximum Gasteiger partial charge on any atom is 0.144 e. The van der Waals surface area contributed by atoms with Gasteiger partial charge in [0, 0.05) is 18.0 Å². The smallest absolute Gasteiger partial charge is 0.144 e. The summed E-state index contributed by atoms with van der Waals surface area (Å²) >= 11 is 0. The summed E-state index contributed by atoms with van der Waals surface area (Å²) in [5.74, 6) is 0.846. The molecule has 0 atom stereocenters. The topological polar surface area (TPSA) is 17.8 Å². The SMILES string of the molecule is C=Cn1cc(C)nc1C(=C)c1ccccc1. The Kier molecular flexibility index (Phi) is 2.73. The number of aryl methyl sites for hydroxylation is 1. The number of rotatable bonds is 3. The van der Waals surface area contributed by atoms with Gasteiger partial charge in [-0.1, -0.05) is 43.5 Å². The summed E-state index contributed by atoms with van der Waals surface area (Å²) in [5.41, 5.74) is 2.96. The summed E-state index contributed by atoms with van der Waals surface area (Å²) < 4.78 is 1.89. The highest BCUT2D eigenvalue weighted by molar-refractivity contribution is 5.75. The first-order valence-corrected chi connectivity index (χ1v) is 5.15. The molecule has 0 amide bonds. The number of nitrogens with zero attached hydrogens (tertiary/aromatic N) is 2. The van der Waals surface area contributed by atoms with Crippen molar-refractivity contribution in [3.63, 3.8) is 0 Å². The molecule has 80 valence electrons. The molecule has 0 N–H and O–H groups in total. The third-order valence-electron chi connectivity index (χ3n) is 2.44. The van der Waals surface area contributed by atoms with Crippen LogP contribution in [-0.4, -0.2) is 9.55 Å². The van der Waals surface area contributed by atoms with E-state index in [0.717, 1.165) is 22.7 Å². The van der Waals surface area contributed by atoms with Gasteiger partial charge in [0.1, 0.15) is 5.82 Å². The van der Waals surface area contributed by atoms with E-state index in [9.17, 15) is 0 Å². The molecule has 0 saturated carbocycles. The van der Waals surface area contributed by atoms with E-state index in [1.807, 2.05) is 48.0 Å². The molecule has 1 heterocycles. The molecule has 0 saturated heterocycles. The molecule has 2 aromatic rings. The van der Waals surface area contributed by atoms with Gasteiger partial charge in [-0.2, -0.15) is 0 Å². The average molecular weight is 210 g/mol. The van der Waals surface area contributed by atoms with E-state index in [2.05, 4.69) is 18.1 Å². The molecule has 1 aromatic heterocycles. The van der Waals surface area contributed by atoms with Crippen LogP contribution in [-0.2, 0) is 0 Å². The molecule has 2 rings (SSSR count). The number of hydrogen-bond acceptors (Lipinski definition) is 1. The molecular weight excluding hydrogens is 196 g/mol. The highest BCUT2D eigenvalue weighted by Gasteiger charge is 2.08. The van der Waals surface area contributed by atoms with Crippen LogP contribution in [0.4, 0.5) is 0 Å². The summed E-state index contributed by atoms with van der Waals surface area (Å²) in [6.07, 6.45) is 3.68. The maximum atomic E-state index is 4.45. The van der Waals surface area contributed by atoms with Crippen LogP contribution < -0.4 is 0 Å². The maximum absolute atomic E-state index is 4.45. The second-order valence-electron chi connectivity index (χ2n) is 3.64. The molecule has 1 aromatic carbocycles. The minimum atomic E-state index is 0.846. The number of benzene rings is 1. The molecule has 2 nitrogen and oxygen atoms in total. The molecule has 0 radical (unpaired) electrons. The standard InChI is InChI=1S/C14H14N2/c1-4-16-10-11(2)15-14(16)12(3)13-8-6-5-7-9-13/h4-10H,1,3H2,2H3. The van der Waals surface area contributed by atoms with Crippen LogP contribution in [0.3, 0.4) is 0 Å². The third kappa shape index (κ3) is 1.82. The molecule has 0 aliphatic heterocycles. The molecule has 0 bridgehead atoms. The summed E-state index contributed by atoms with van der Waals surface area (Å²) in [6, 6.07) is 10.0. The van der Waals surface area contributed by atoms with Gasteiger partial charge in [-0.05, 0) is 12.5 Å². The van der Waals surface area contributed by atoms with Gasteiger partial charge in [0.05, 0.1) is 5.69 Å². The first-order chi connectivity index (χ1) is 7.72. The van der Waals surface area contributed by atoms with Crippen LogP contribution in [0.1, 0.15) is 17.1 Å². The Morgan fingerprint density at radius 1 is 1.31 bits per heavy atom. The van der Waals surface area contributed by atoms with Crippen LogP contribution in [0.25, 0.3) is 11.8 Å². The highest BCUT2D eigenvalue weighted by atomic mass is 15.1. The van der Waals surface area contributed by atoms with E-state index in [1.54, 1.807) is 6.20 Å². The fourth-order valence-corrected chi connectivity index (χ4v) is 1.65. The third-order valence-corrected chi connectivity index (χ3v) is 2.44. The van der Waals surface area contributed by atoms with Gasteiger partial charge in [0.15, 0.2) is 0 Å². The van der Waals surface area contributed by atoms with Crippen molar-refractivity contribution < 1.29 is 0 Å². The largest absolute Gasteiger partial charge is 0.307 e. The molecule has 0 fully saturated rings. The quantitative estimate of drug-likeness (QED) is 0.759. The van der Waals surface area contributed by atoms with Gasteiger partial charge >= 0.3 is 0 Å². The van der Waals surface area contributed by atoms with E-state index in [4.69, 9.17) is 0 Å². The highest BCUT2D eigenvalue weighted by Crippen LogP contribution is 2.20. The Labute approximate surface area is 95.6 Å². The van der Waals surface area contributed by atoms with Crippen molar-refractivity contribution in [2.75, 3.05) is 0 Å². The lowest BCUT2D eigenvalue weighted by Gasteiger charge is -2.05. The van der Waals surface area contributed by atoms with E-state index in [0.29, 0.717) is 0 Å². The Bertz CT molecular complexity index is 521. The molecule has 0 aliphatic carbocycles. The van der Waals surface area contributed by atoms with Crippen molar-refractivity contribution in [3.05, 3.63) is 66.8 Å². The lowest BCUT2D eigenvalue weighted by molar-refractivity contribution is 1.09. The van der Waals surface area contributed by atoms with Crippen LogP contribution in [0, 0.1) is 6.92 Å². The lowest BCUT2D eigenvalue weighted by Crippen LogP contribution is -1.95. The van der Waals surface area contributed by atoms with Crippen LogP contribution >= 0.6 is 0 Å². The summed E-state index contributed by atoms with van der Waals surface area (Å²) in [6.45, 7) is 9.81. The Balaban J connectivity index is 2.45. The fourth-order valence-electron chi connectivity index (χ4n) is 1.65. The van der Waals surface area contributed by atoms with Crippen molar-refractivity contribution >= 4 is 11.8 Å². The molecule has 16 heavy (non-hydrogen) atoms. The number of aromatic nitrogens is 2. The van der Waals surface area contributed by atoms with E-state index in [-0.39, 0.29) is 0 Å². The van der Waals surface area contributed by atoms with Crippen molar-refractivity contribution in [3.8, 4) is 0 Å². The molecule has 0 aliphatic rings. The monoisotopic (exact) mass is 210 g/mol. The van der Waals surface area contributed by atoms with Crippen molar-refractivity contribution in [1.29, 1.82) is 0 Å². The molecular formula is C14H14N2. The van der Waals surface area contributed by atoms with Crippen molar-refractivity contribution in [2.45, 2.75) is 6.92 Å². The molecule has 0 spiro atoms. The first-order valence-electron chi connectivity index (χ1n) is 5.15. The fraction of sp³-hybridized carbons (Fsp3) is 0.0714. The van der Waals surface area contributed by atoms with E-state index in [1.165, 1.54) is 0 Å². The minimum Gasteiger partial charge on any atom is -0.307 e. The van der Waals surface area contributed by atoms with E-state index >= 15 is 0 Å². The van der Waals surface area contributed by atoms with Gasteiger partial charge in [-0.3, -0.25) is 0 Å².